The fourth-order valence-corrected chi connectivity index (χ4v) is 2.02. The molecule has 1 aromatic carbocycles. The number of aliphatic imine (C=N–C) groups is 1. The van der Waals surface area contributed by atoms with Gasteiger partial charge in [-0.15, -0.1) is 0 Å². The molecule has 2 N–H and O–H groups in total. The second-order valence-corrected chi connectivity index (χ2v) is 6.23. The van der Waals surface area contributed by atoms with Gasteiger partial charge in [0.2, 0.25) is 0 Å². The molecule has 0 amide bonds. The predicted molar refractivity (Wildman–Crippen MR) is 96.5 cm³/mol. The standard InChI is InChI=1S/C18H28F3N3O2/c1-14(2)12-25-9-5-8-23-17(22-3)24-11-15-6-4-7-16(10-15)26-13-18(19,20)21/h4,6-7,10,14H,5,8-9,11-13H2,1-3H3,(H2,22,23,24). The topological polar surface area (TPSA) is 54.9 Å². The van der Waals surface area contributed by atoms with Crippen molar-refractivity contribution >= 4 is 5.96 Å². The van der Waals surface area contributed by atoms with Crippen LogP contribution in [0.2, 0.25) is 0 Å². The summed E-state index contributed by atoms with van der Waals surface area (Å²) in [6, 6.07) is 6.54. The van der Waals surface area contributed by atoms with Crippen LogP contribution >= 0.6 is 0 Å². The van der Waals surface area contributed by atoms with E-state index in [1.165, 1.54) is 6.07 Å². The molecule has 1 rings (SSSR count). The van der Waals surface area contributed by atoms with Gasteiger partial charge in [-0.1, -0.05) is 26.0 Å². The van der Waals surface area contributed by atoms with E-state index in [2.05, 4.69) is 29.5 Å². The van der Waals surface area contributed by atoms with Gasteiger partial charge in [0.05, 0.1) is 0 Å². The minimum Gasteiger partial charge on any atom is -0.484 e. The smallest absolute Gasteiger partial charge is 0.422 e. The minimum atomic E-state index is -4.35. The Bertz CT molecular complexity index is 549. The molecule has 0 atom stereocenters. The van der Waals surface area contributed by atoms with E-state index in [1.54, 1.807) is 25.2 Å². The third kappa shape index (κ3) is 10.8. The lowest BCUT2D eigenvalue weighted by Crippen LogP contribution is -2.37. The van der Waals surface area contributed by atoms with Crippen LogP contribution in [0.25, 0.3) is 0 Å². The number of hydrogen-bond acceptors (Lipinski definition) is 3. The summed E-state index contributed by atoms with van der Waals surface area (Å²) >= 11 is 0. The number of halogens is 3. The Morgan fingerprint density at radius 2 is 2.00 bits per heavy atom. The fourth-order valence-electron chi connectivity index (χ4n) is 2.02. The monoisotopic (exact) mass is 375 g/mol. The van der Waals surface area contributed by atoms with Gasteiger partial charge < -0.3 is 20.1 Å². The Balaban J connectivity index is 2.32. The molecule has 0 fully saturated rings. The number of hydrogen-bond donors (Lipinski definition) is 2. The van der Waals surface area contributed by atoms with Gasteiger partial charge in [0.1, 0.15) is 5.75 Å². The van der Waals surface area contributed by atoms with E-state index < -0.39 is 12.8 Å². The number of rotatable bonds is 10. The van der Waals surface area contributed by atoms with Crippen molar-refractivity contribution in [3.05, 3.63) is 29.8 Å². The maximum absolute atomic E-state index is 12.2. The van der Waals surface area contributed by atoms with Crippen molar-refractivity contribution in [2.24, 2.45) is 10.9 Å². The number of guanidine groups is 1. The molecule has 0 unspecified atom stereocenters. The summed E-state index contributed by atoms with van der Waals surface area (Å²) in [6.45, 7) is 5.48. The molecule has 26 heavy (non-hydrogen) atoms. The summed E-state index contributed by atoms with van der Waals surface area (Å²) in [4.78, 5) is 4.11. The maximum Gasteiger partial charge on any atom is 0.422 e. The van der Waals surface area contributed by atoms with Gasteiger partial charge in [0.15, 0.2) is 12.6 Å². The molecule has 0 aromatic heterocycles. The Labute approximate surface area is 153 Å². The average Bonchev–Trinajstić information content (AvgIpc) is 2.58. The van der Waals surface area contributed by atoms with Gasteiger partial charge in [-0.2, -0.15) is 13.2 Å². The molecule has 0 aliphatic rings. The normalized spacial score (nSPS) is 12.3. The summed E-state index contributed by atoms with van der Waals surface area (Å²) in [6.07, 6.45) is -3.49. The van der Waals surface area contributed by atoms with Gasteiger partial charge in [0, 0.05) is 33.4 Å². The highest BCUT2D eigenvalue weighted by atomic mass is 19.4. The van der Waals surface area contributed by atoms with E-state index in [0.29, 0.717) is 31.6 Å². The highest BCUT2D eigenvalue weighted by Crippen LogP contribution is 2.19. The number of nitrogens with one attached hydrogen (secondary N) is 2. The zero-order chi connectivity index (χ0) is 19.4. The third-order valence-corrected chi connectivity index (χ3v) is 3.19. The van der Waals surface area contributed by atoms with Crippen LogP contribution in [-0.4, -0.2) is 45.5 Å². The van der Waals surface area contributed by atoms with E-state index in [9.17, 15) is 13.2 Å². The molecular weight excluding hydrogens is 347 g/mol. The second kappa shape index (κ2) is 11.6. The zero-order valence-corrected chi connectivity index (χ0v) is 15.5. The number of ether oxygens (including phenoxy) is 2. The first-order valence-electron chi connectivity index (χ1n) is 8.61. The van der Waals surface area contributed by atoms with Gasteiger partial charge in [-0.05, 0) is 30.0 Å². The second-order valence-electron chi connectivity index (χ2n) is 6.23. The summed E-state index contributed by atoms with van der Waals surface area (Å²) in [5.41, 5.74) is 0.799. The number of nitrogens with zero attached hydrogens (tertiary/aromatic N) is 1. The SMILES string of the molecule is CN=C(NCCCOCC(C)C)NCc1cccc(OCC(F)(F)F)c1. The van der Waals surface area contributed by atoms with Crippen LogP contribution in [0.3, 0.4) is 0 Å². The van der Waals surface area contributed by atoms with Crippen LogP contribution in [0.15, 0.2) is 29.3 Å². The lowest BCUT2D eigenvalue weighted by atomic mass is 10.2. The first-order valence-corrected chi connectivity index (χ1v) is 8.61. The molecular formula is C18H28F3N3O2. The molecule has 0 aliphatic carbocycles. The van der Waals surface area contributed by atoms with E-state index in [4.69, 9.17) is 9.47 Å². The van der Waals surface area contributed by atoms with Gasteiger partial charge >= 0.3 is 6.18 Å². The Morgan fingerprint density at radius 1 is 1.23 bits per heavy atom. The van der Waals surface area contributed by atoms with E-state index >= 15 is 0 Å². The van der Waals surface area contributed by atoms with Crippen molar-refractivity contribution in [3.8, 4) is 5.75 Å². The van der Waals surface area contributed by atoms with Crippen LogP contribution in [0.4, 0.5) is 13.2 Å². The van der Waals surface area contributed by atoms with Gasteiger partial charge in [-0.25, -0.2) is 0 Å². The Hall–Kier alpha value is -1.96. The summed E-state index contributed by atoms with van der Waals surface area (Å²) in [7, 11) is 1.66. The molecule has 8 heteroatoms. The van der Waals surface area contributed by atoms with E-state index in [0.717, 1.165) is 18.6 Å². The Kier molecular flexibility index (Phi) is 9.87. The number of alkyl halides is 3. The lowest BCUT2D eigenvalue weighted by Gasteiger charge is -2.13. The molecule has 0 heterocycles. The van der Waals surface area contributed by atoms with Crippen molar-refractivity contribution in [3.63, 3.8) is 0 Å². The van der Waals surface area contributed by atoms with Crippen molar-refractivity contribution in [1.82, 2.24) is 10.6 Å². The van der Waals surface area contributed by atoms with E-state index in [-0.39, 0.29) is 5.75 Å². The largest absolute Gasteiger partial charge is 0.484 e. The molecule has 1 aromatic rings. The highest BCUT2D eigenvalue weighted by molar-refractivity contribution is 5.79. The van der Waals surface area contributed by atoms with Crippen LogP contribution in [0.5, 0.6) is 5.75 Å². The van der Waals surface area contributed by atoms with Crippen LogP contribution < -0.4 is 15.4 Å². The molecule has 148 valence electrons. The number of benzene rings is 1. The van der Waals surface area contributed by atoms with Crippen LogP contribution in [0, 0.1) is 5.92 Å². The first-order chi connectivity index (χ1) is 12.3. The zero-order valence-electron chi connectivity index (χ0n) is 15.5. The highest BCUT2D eigenvalue weighted by Gasteiger charge is 2.28. The molecule has 0 bridgehead atoms. The summed E-state index contributed by atoms with van der Waals surface area (Å²) in [5.74, 6) is 1.33. The van der Waals surface area contributed by atoms with E-state index in [1.807, 2.05) is 0 Å². The van der Waals surface area contributed by atoms with Crippen molar-refractivity contribution in [2.75, 3.05) is 33.4 Å². The van der Waals surface area contributed by atoms with Gasteiger partial charge in [0.25, 0.3) is 0 Å². The van der Waals surface area contributed by atoms with Crippen molar-refractivity contribution in [1.29, 1.82) is 0 Å². The molecule has 0 spiro atoms. The van der Waals surface area contributed by atoms with Gasteiger partial charge in [-0.3, -0.25) is 4.99 Å². The van der Waals surface area contributed by atoms with Crippen LogP contribution in [-0.2, 0) is 11.3 Å². The lowest BCUT2D eigenvalue weighted by molar-refractivity contribution is -0.153. The third-order valence-electron chi connectivity index (χ3n) is 3.19. The maximum atomic E-state index is 12.2. The minimum absolute atomic E-state index is 0.187. The molecule has 0 saturated heterocycles. The first kappa shape index (κ1) is 22.1. The molecule has 0 radical (unpaired) electrons. The van der Waals surface area contributed by atoms with Crippen molar-refractivity contribution < 1.29 is 22.6 Å². The van der Waals surface area contributed by atoms with Crippen molar-refractivity contribution in [2.45, 2.75) is 33.0 Å². The molecule has 0 saturated carbocycles. The molecule has 0 aliphatic heterocycles. The average molecular weight is 375 g/mol. The fraction of sp³-hybridized carbons (Fsp3) is 0.611. The summed E-state index contributed by atoms with van der Waals surface area (Å²) < 4.78 is 46.9. The van der Waals surface area contributed by atoms with Crippen LogP contribution in [0.1, 0.15) is 25.8 Å². The Morgan fingerprint density at radius 3 is 2.65 bits per heavy atom. The predicted octanol–water partition coefficient (Wildman–Crippen LogP) is 3.36. The summed E-state index contributed by atoms with van der Waals surface area (Å²) in [5, 5.41) is 6.28. The molecule has 5 nitrogen and oxygen atoms in total. The quantitative estimate of drug-likeness (QED) is 0.374.